The van der Waals surface area contributed by atoms with E-state index in [4.69, 9.17) is 11.6 Å². The van der Waals surface area contributed by atoms with Crippen LogP contribution in [0.25, 0.3) is 0 Å². The molecule has 0 radical (unpaired) electrons. The third-order valence-corrected chi connectivity index (χ3v) is 2.86. The van der Waals surface area contributed by atoms with Gasteiger partial charge in [0.15, 0.2) is 0 Å². The molecule has 0 bridgehead atoms. The van der Waals surface area contributed by atoms with Gasteiger partial charge >= 0.3 is 0 Å². The highest BCUT2D eigenvalue weighted by atomic mass is 35.5. The number of hydrogen-bond acceptors (Lipinski definition) is 2. The van der Waals surface area contributed by atoms with E-state index in [1.807, 2.05) is 6.07 Å². The zero-order chi connectivity index (χ0) is 10.6. The van der Waals surface area contributed by atoms with Crippen LogP contribution in [0.3, 0.4) is 0 Å². The highest BCUT2D eigenvalue weighted by molar-refractivity contribution is 6.31. The normalized spacial score (nSPS) is 13.2. The molecular formula is C11H16ClNO. The second-order valence-corrected chi connectivity index (χ2v) is 4.27. The number of halogens is 1. The molecule has 14 heavy (non-hydrogen) atoms. The minimum absolute atomic E-state index is 0.205. The van der Waals surface area contributed by atoms with Crippen molar-refractivity contribution in [3.63, 3.8) is 0 Å². The van der Waals surface area contributed by atoms with Crippen LogP contribution in [0, 0.1) is 11.8 Å². The summed E-state index contributed by atoms with van der Waals surface area (Å²) in [6, 6.07) is 1.91. The first-order valence-corrected chi connectivity index (χ1v) is 5.22. The van der Waals surface area contributed by atoms with E-state index < -0.39 is 0 Å². The Hall–Kier alpha value is -0.600. The molecule has 0 aliphatic carbocycles. The van der Waals surface area contributed by atoms with Gasteiger partial charge in [-0.2, -0.15) is 0 Å². The van der Waals surface area contributed by atoms with Crippen LogP contribution in [-0.4, -0.2) is 16.7 Å². The predicted molar refractivity (Wildman–Crippen MR) is 58.4 cm³/mol. The van der Waals surface area contributed by atoms with E-state index in [-0.39, 0.29) is 12.5 Å². The summed E-state index contributed by atoms with van der Waals surface area (Å²) in [4.78, 5) is 3.93. The lowest BCUT2D eigenvalue weighted by atomic mass is 9.90. The van der Waals surface area contributed by atoms with Gasteiger partial charge < -0.3 is 5.11 Å². The van der Waals surface area contributed by atoms with Crippen molar-refractivity contribution in [2.75, 3.05) is 6.61 Å². The lowest BCUT2D eigenvalue weighted by Gasteiger charge is -2.18. The smallest absolute Gasteiger partial charge is 0.0621 e. The summed E-state index contributed by atoms with van der Waals surface area (Å²) in [6.07, 6.45) is 4.19. The van der Waals surface area contributed by atoms with Gasteiger partial charge in [0.25, 0.3) is 0 Å². The lowest BCUT2D eigenvalue weighted by Crippen LogP contribution is -2.16. The molecule has 78 valence electrons. The van der Waals surface area contributed by atoms with Crippen LogP contribution in [-0.2, 0) is 6.42 Å². The van der Waals surface area contributed by atoms with E-state index in [2.05, 4.69) is 18.8 Å². The molecule has 1 rings (SSSR count). The van der Waals surface area contributed by atoms with Crippen LogP contribution in [0.2, 0.25) is 5.02 Å². The minimum atomic E-state index is 0.205. The quantitative estimate of drug-likeness (QED) is 0.834. The van der Waals surface area contributed by atoms with E-state index in [0.29, 0.717) is 10.9 Å². The fourth-order valence-corrected chi connectivity index (χ4v) is 1.56. The maximum absolute atomic E-state index is 9.19. The molecule has 0 saturated heterocycles. The van der Waals surface area contributed by atoms with Gasteiger partial charge in [-0.3, -0.25) is 4.98 Å². The molecule has 1 N–H and O–H groups in total. The number of hydrogen-bond donors (Lipinski definition) is 1. The highest BCUT2D eigenvalue weighted by Gasteiger charge is 2.14. The molecule has 0 spiro atoms. The Kier molecular flexibility index (Phi) is 4.36. The molecule has 2 nitrogen and oxygen atoms in total. The van der Waals surface area contributed by atoms with Crippen LogP contribution >= 0.6 is 11.6 Å². The second-order valence-electron chi connectivity index (χ2n) is 3.86. The van der Waals surface area contributed by atoms with E-state index in [1.54, 1.807) is 12.4 Å². The molecule has 0 aliphatic rings. The van der Waals surface area contributed by atoms with Gasteiger partial charge in [-0.05, 0) is 29.9 Å². The average Bonchev–Trinajstić information content (AvgIpc) is 2.16. The fourth-order valence-electron chi connectivity index (χ4n) is 1.36. The number of aliphatic hydroxyl groups is 1. The monoisotopic (exact) mass is 213 g/mol. The first-order chi connectivity index (χ1) is 6.65. The van der Waals surface area contributed by atoms with Crippen molar-refractivity contribution in [3.05, 3.63) is 29.0 Å². The van der Waals surface area contributed by atoms with E-state index >= 15 is 0 Å². The third-order valence-electron chi connectivity index (χ3n) is 2.52. The fraction of sp³-hybridized carbons (Fsp3) is 0.545. The van der Waals surface area contributed by atoms with Crippen molar-refractivity contribution in [1.82, 2.24) is 4.98 Å². The van der Waals surface area contributed by atoms with Crippen molar-refractivity contribution in [2.24, 2.45) is 11.8 Å². The van der Waals surface area contributed by atoms with Gasteiger partial charge in [-0.25, -0.2) is 0 Å². The Morgan fingerprint density at radius 3 is 2.71 bits per heavy atom. The molecule has 1 aromatic heterocycles. The van der Waals surface area contributed by atoms with Crippen LogP contribution in [0.15, 0.2) is 18.5 Å². The topological polar surface area (TPSA) is 33.1 Å². The first kappa shape index (κ1) is 11.5. The molecule has 1 unspecified atom stereocenters. The summed E-state index contributed by atoms with van der Waals surface area (Å²) in [5.74, 6) is 0.735. The van der Waals surface area contributed by atoms with Crippen LogP contribution in [0.4, 0.5) is 0 Å². The van der Waals surface area contributed by atoms with E-state index in [0.717, 1.165) is 12.0 Å². The van der Waals surface area contributed by atoms with E-state index in [9.17, 15) is 5.11 Å². The lowest BCUT2D eigenvalue weighted by molar-refractivity contribution is 0.189. The zero-order valence-electron chi connectivity index (χ0n) is 8.57. The highest BCUT2D eigenvalue weighted by Crippen LogP contribution is 2.21. The number of nitrogens with zero attached hydrogens (tertiary/aromatic N) is 1. The molecule has 0 fully saturated rings. The van der Waals surface area contributed by atoms with Gasteiger partial charge in [0, 0.05) is 19.0 Å². The van der Waals surface area contributed by atoms with Gasteiger partial charge in [0.1, 0.15) is 0 Å². The van der Waals surface area contributed by atoms with Crippen LogP contribution < -0.4 is 0 Å². The number of aromatic nitrogens is 1. The van der Waals surface area contributed by atoms with Gasteiger partial charge in [0.05, 0.1) is 5.02 Å². The Morgan fingerprint density at radius 2 is 2.21 bits per heavy atom. The van der Waals surface area contributed by atoms with Gasteiger partial charge in [-0.1, -0.05) is 25.4 Å². The second kappa shape index (κ2) is 5.32. The molecule has 0 saturated carbocycles. The molecule has 0 aliphatic heterocycles. The molecule has 1 heterocycles. The standard InChI is InChI=1S/C11H16ClNO/c1-8(2)10(7-14)5-9-3-4-13-6-11(9)12/h3-4,6,8,10,14H,5,7H2,1-2H3. The summed E-state index contributed by atoms with van der Waals surface area (Å²) in [6.45, 7) is 4.42. The summed E-state index contributed by atoms with van der Waals surface area (Å²) < 4.78 is 0. The van der Waals surface area contributed by atoms with Gasteiger partial charge in [0.2, 0.25) is 0 Å². The van der Waals surface area contributed by atoms with Crippen LogP contribution in [0.1, 0.15) is 19.4 Å². The number of rotatable bonds is 4. The van der Waals surface area contributed by atoms with Crippen LogP contribution in [0.5, 0.6) is 0 Å². The number of aliphatic hydroxyl groups excluding tert-OH is 1. The van der Waals surface area contributed by atoms with E-state index in [1.165, 1.54) is 0 Å². The largest absolute Gasteiger partial charge is 0.396 e. The first-order valence-electron chi connectivity index (χ1n) is 4.84. The molecule has 1 aromatic rings. The van der Waals surface area contributed by atoms with Crippen molar-refractivity contribution in [2.45, 2.75) is 20.3 Å². The molecular weight excluding hydrogens is 198 g/mol. The molecule has 0 amide bonds. The Bertz CT molecular complexity index is 288. The maximum atomic E-state index is 9.19. The van der Waals surface area contributed by atoms with Gasteiger partial charge in [-0.15, -0.1) is 0 Å². The van der Waals surface area contributed by atoms with Crippen molar-refractivity contribution >= 4 is 11.6 Å². The molecule has 3 heteroatoms. The van der Waals surface area contributed by atoms with Crippen molar-refractivity contribution in [1.29, 1.82) is 0 Å². The Morgan fingerprint density at radius 1 is 1.50 bits per heavy atom. The molecule has 1 atom stereocenters. The zero-order valence-corrected chi connectivity index (χ0v) is 9.33. The summed E-state index contributed by atoms with van der Waals surface area (Å²) in [7, 11) is 0. The van der Waals surface area contributed by atoms with Crippen molar-refractivity contribution < 1.29 is 5.11 Å². The molecule has 0 aromatic carbocycles. The predicted octanol–water partition coefficient (Wildman–Crippen LogP) is 2.54. The summed E-state index contributed by atoms with van der Waals surface area (Å²) in [5.41, 5.74) is 1.06. The Labute approximate surface area is 89.9 Å². The minimum Gasteiger partial charge on any atom is -0.396 e. The third kappa shape index (κ3) is 2.96. The summed E-state index contributed by atoms with van der Waals surface area (Å²) in [5, 5.41) is 9.88. The van der Waals surface area contributed by atoms with Crippen molar-refractivity contribution in [3.8, 4) is 0 Å². The average molecular weight is 214 g/mol. The Balaban J connectivity index is 2.72. The summed E-state index contributed by atoms with van der Waals surface area (Å²) >= 11 is 5.99. The SMILES string of the molecule is CC(C)C(CO)Cc1ccncc1Cl. The number of pyridine rings is 1. The maximum Gasteiger partial charge on any atom is 0.0621 e.